The van der Waals surface area contributed by atoms with Gasteiger partial charge in [0, 0.05) is 11.3 Å². The highest BCUT2D eigenvalue weighted by molar-refractivity contribution is 7.99. The van der Waals surface area contributed by atoms with E-state index in [1.165, 1.54) is 5.56 Å². The van der Waals surface area contributed by atoms with Gasteiger partial charge in [0.1, 0.15) is 5.75 Å². The first-order chi connectivity index (χ1) is 11.2. The zero-order valence-corrected chi connectivity index (χ0v) is 14.2. The number of fused-ring (bicyclic) bond motifs is 1. The van der Waals surface area contributed by atoms with Gasteiger partial charge in [-0.2, -0.15) is 0 Å². The summed E-state index contributed by atoms with van der Waals surface area (Å²) >= 11 is 1.60. The maximum Gasteiger partial charge on any atom is 0.254 e. The Morgan fingerprint density at radius 1 is 1.22 bits per heavy atom. The van der Waals surface area contributed by atoms with Crippen LogP contribution in [0.3, 0.4) is 0 Å². The topological polar surface area (TPSA) is 55.0 Å². The van der Waals surface area contributed by atoms with Crippen LogP contribution in [0.4, 0.5) is 0 Å². The van der Waals surface area contributed by atoms with Crippen molar-refractivity contribution in [2.75, 3.05) is 12.4 Å². The monoisotopic (exact) mass is 330 g/mol. The fraction of sp³-hybridized carbons (Fsp3) is 0.444. The molecule has 4 nitrogen and oxygen atoms in total. The van der Waals surface area contributed by atoms with E-state index in [0.29, 0.717) is 6.61 Å². The molecule has 1 heterocycles. The zero-order valence-electron chi connectivity index (χ0n) is 13.4. The number of aromatic amines is 1. The van der Waals surface area contributed by atoms with Crippen LogP contribution in [0.25, 0.3) is 0 Å². The second-order valence-electron chi connectivity index (χ2n) is 5.87. The first-order valence-corrected chi connectivity index (χ1v) is 9.15. The molecule has 0 atom stereocenters. The third-order valence-corrected chi connectivity index (χ3v) is 4.95. The summed E-state index contributed by atoms with van der Waals surface area (Å²) in [7, 11) is 0. The van der Waals surface area contributed by atoms with Gasteiger partial charge in [0.2, 0.25) is 0 Å². The first-order valence-electron chi connectivity index (χ1n) is 8.17. The Labute approximate surface area is 140 Å². The minimum absolute atomic E-state index is 0.0492. The standard InChI is InChI=1S/C18H22N2O2S/c1-13-7-9-14(10-8-13)22-11-4-12-23-18-19-16-6-3-2-5-15(16)17(21)20-18/h7-10H,2-6,11-12H2,1H3,(H,19,20,21). The summed E-state index contributed by atoms with van der Waals surface area (Å²) in [5.74, 6) is 1.79. The van der Waals surface area contributed by atoms with Crippen LogP contribution in [0.5, 0.6) is 5.75 Å². The number of hydrogen-bond acceptors (Lipinski definition) is 4. The van der Waals surface area contributed by atoms with Crippen molar-refractivity contribution < 1.29 is 4.74 Å². The van der Waals surface area contributed by atoms with E-state index in [4.69, 9.17) is 4.74 Å². The van der Waals surface area contributed by atoms with Gasteiger partial charge in [0.25, 0.3) is 5.56 Å². The second-order valence-corrected chi connectivity index (χ2v) is 6.95. The molecule has 5 heteroatoms. The molecular weight excluding hydrogens is 308 g/mol. The Hall–Kier alpha value is -1.75. The van der Waals surface area contributed by atoms with Crippen LogP contribution in [-0.2, 0) is 12.8 Å². The molecule has 0 saturated carbocycles. The highest BCUT2D eigenvalue weighted by Gasteiger charge is 2.15. The molecule has 1 aliphatic carbocycles. The number of nitrogens with one attached hydrogen (secondary N) is 1. The van der Waals surface area contributed by atoms with Crippen molar-refractivity contribution in [3.63, 3.8) is 0 Å². The molecule has 0 unspecified atom stereocenters. The number of aryl methyl sites for hydroxylation is 2. The van der Waals surface area contributed by atoms with Gasteiger partial charge >= 0.3 is 0 Å². The number of hydrogen-bond donors (Lipinski definition) is 1. The molecule has 0 amide bonds. The molecule has 0 bridgehead atoms. The van der Waals surface area contributed by atoms with Crippen molar-refractivity contribution in [1.29, 1.82) is 0 Å². The Bertz CT molecular complexity index is 710. The molecule has 122 valence electrons. The van der Waals surface area contributed by atoms with Crippen LogP contribution in [0.1, 0.15) is 36.1 Å². The quantitative estimate of drug-likeness (QED) is 0.500. The van der Waals surface area contributed by atoms with Gasteiger partial charge < -0.3 is 9.72 Å². The third-order valence-electron chi connectivity index (χ3n) is 3.99. The molecule has 0 saturated heterocycles. The summed E-state index contributed by atoms with van der Waals surface area (Å²) in [5.41, 5.74) is 3.17. The molecule has 3 rings (SSSR count). The van der Waals surface area contributed by atoms with Gasteiger partial charge in [-0.3, -0.25) is 4.79 Å². The van der Waals surface area contributed by atoms with Gasteiger partial charge in [0.05, 0.1) is 12.3 Å². The molecule has 1 aromatic carbocycles. The van der Waals surface area contributed by atoms with Crippen LogP contribution >= 0.6 is 11.8 Å². The molecule has 1 aromatic heterocycles. The molecule has 0 fully saturated rings. The summed E-state index contributed by atoms with van der Waals surface area (Å²) in [5, 5.41) is 0.742. The van der Waals surface area contributed by atoms with Crippen molar-refractivity contribution in [2.24, 2.45) is 0 Å². The lowest BCUT2D eigenvalue weighted by atomic mass is 9.97. The minimum Gasteiger partial charge on any atom is -0.494 e. The van der Waals surface area contributed by atoms with E-state index in [0.717, 1.165) is 60.0 Å². The normalized spacial score (nSPS) is 13.6. The van der Waals surface area contributed by atoms with Gasteiger partial charge in [-0.05, 0) is 51.2 Å². The molecule has 2 aromatic rings. The predicted molar refractivity (Wildman–Crippen MR) is 93.5 cm³/mol. The molecule has 0 radical (unpaired) electrons. The average Bonchev–Trinajstić information content (AvgIpc) is 2.56. The summed E-state index contributed by atoms with van der Waals surface area (Å²) in [6.07, 6.45) is 4.95. The number of rotatable bonds is 6. The Balaban J connectivity index is 1.46. The van der Waals surface area contributed by atoms with E-state index in [-0.39, 0.29) is 5.56 Å². The number of thioether (sulfide) groups is 1. The van der Waals surface area contributed by atoms with E-state index in [1.54, 1.807) is 11.8 Å². The Kier molecular flexibility index (Phi) is 5.39. The van der Waals surface area contributed by atoms with Crippen molar-refractivity contribution >= 4 is 11.8 Å². The van der Waals surface area contributed by atoms with Gasteiger partial charge in [-0.15, -0.1) is 0 Å². The van der Waals surface area contributed by atoms with Crippen molar-refractivity contribution in [1.82, 2.24) is 9.97 Å². The summed E-state index contributed by atoms with van der Waals surface area (Å²) in [6, 6.07) is 8.08. The second kappa shape index (κ2) is 7.68. The molecule has 0 aliphatic heterocycles. The maximum atomic E-state index is 12.1. The van der Waals surface area contributed by atoms with E-state index in [1.807, 2.05) is 24.3 Å². The summed E-state index contributed by atoms with van der Waals surface area (Å²) < 4.78 is 5.71. The van der Waals surface area contributed by atoms with Crippen LogP contribution in [-0.4, -0.2) is 22.3 Å². The SMILES string of the molecule is Cc1ccc(OCCCSc2nc3c(c(=O)[nH]2)CCCC3)cc1. The van der Waals surface area contributed by atoms with E-state index in [9.17, 15) is 4.79 Å². The number of benzene rings is 1. The smallest absolute Gasteiger partial charge is 0.254 e. The largest absolute Gasteiger partial charge is 0.494 e. The van der Waals surface area contributed by atoms with Gasteiger partial charge in [-0.1, -0.05) is 29.5 Å². The summed E-state index contributed by atoms with van der Waals surface area (Å²) in [6.45, 7) is 2.73. The zero-order chi connectivity index (χ0) is 16.1. The molecular formula is C18H22N2O2S. The lowest BCUT2D eigenvalue weighted by Crippen LogP contribution is -2.21. The van der Waals surface area contributed by atoms with E-state index in [2.05, 4.69) is 16.9 Å². The maximum absolute atomic E-state index is 12.1. The van der Waals surface area contributed by atoms with Crippen molar-refractivity contribution in [3.8, 4) is 5.75 Å². The lowest BCUT2D eigenvalue weighted by Gasteiger charge is -2.14. The number of ether oxygens (including phenoxy) is 1. The van der Waals surface area contributed by atoms with Crippen LogP contribution in [0.2, 0.25) is 0 Å². The van der Waals surface area contributed by atoms with Crippen molar-refractivity contribution in [3.05, 3.63) is 51.4 Å². The fourth-order valence-corrected chi connectivity index (χ4v) is 3.50. The minimum atomic E-state index is 0.0492. The van der Waals surface area contributed by atoms with Crippen LogP contribution < -0.4 is 10.3 Å². The summed E-state index contributed by atoms with van der Waals surface area (Å²) in [4.78, 5) is 19.6. The number of aromatic nitrogens is 2. The molecule has 23 heavy (non-hydrogen) atoms. The average molecular weight is 330 g/mol. The highest BCUT2D eigenvalue weighted by atomic mass is 32.2. The molecule has 1 aliphatic rings. The number of nitrogens with zero attached hydrogens (tertiary/aromatic N) is 1. The van der Waals surface area contributed by atoms with Crippen molar-refractivity contribution in [2.45, 2.75) is 44.2 Å². The molecule has 0 spiro atoms. The predicted octanol–water partition coefficient (Wildman–Crippen LogP) is 3.52. The van der Waals surface area contributed by atoms with Crippen LogP contribution in [0, 0.1) is 6.92 Å². The fourth-order valence-electron chi connectivity index (χ4n) is 2.70. The Morgan fingerprint density at radius 3 is 2.83 bits per heavy atom. The lowest BCUT2D eigenvalue weighted by molar-refractivity contribution is 0.318. The highest BCUT2D eigenvalue weighted by Crippen LogP contribution is 2.20. The Morgan fingerprint density at radius 2 is 2.00 bits per heavy atom. The van der Waals surface area contributed by atoms with E-state index >= 15 is 0 Å². The third kappa shape index (κ3) is 4.38. The number of H-pyrrole nitrogens is 1. The first kappa shape index (κ1) is 16.1. The molecule has 1 N–H and O–H groups in total. The van der Waals surface area contributed by atoms with Crippen LogP contribution in [0.15, 0.2) is 34.2 Å². The van der Waals surface area contributed by atoms with E-state index < -0.39 is 0 Å². The van der Waals surface area contributed by atoms with Gasteiger partial charge in [-0.25, -0.2) is 4.98 Å². The van der Waals surface area contributed by atoms with Gasteiger partial charge in [0.15, 0.2) is 5.16 Å².